The quantitative estimate of drug-likeness (QED) is 0.291. The van der Waals surface area contributed by atoms with E-state index in [1.807, 2.05) is 42.5 Å². The van der Waals surface area contributed by atoms with Crippen LogP contribution in [0.5, 0.6) is 0 Å². The lowest BCUT2D eigenvalue weighted by molar-refractivity contribution is -0.433. The molecule has 1 heterocycles. The average Bonchev–Trinajstić information content (AvgIpc) is 3.06. The van der Waals surface area contributed by atoms with Gasteiger partial charge in [0, 0.05) is 17.6 Å². The number of fused-ring (bicyclic) bond motifs is 1. The Kier molecular flexibility index (Phi) is 5.14. The van der Waals surface area contributed by atoms with Gasteiger partial charge in [-0.3, -0.25) is 9.89 Å². The van der Waals surface area contributed by atoms with Crippen molar-refractivity contribution in [2.45, 2.75) is 19.8 Å². The van der Waals surface area contributed by atoms with Crippen molar-refractivity contribution in [2.75, 3.05) is 0 Å². The Bertz CT molecular complexity index is 1340. The van der Waals surface area contributed by atoms with E-state index < -0.39 is 5.56 Å². The minimum Gasteiger partial charge on any atom is -0.594 e. The molecule has 0 aliphatic carbocycles. The fraction of sp³-hybridized carbons (Fsp3) is 0.130. The molecule has 4 aromatic rings. The van der Waals surface area contributed by atoms with Crippen LogP contribution in [0.25, 0.3) is 16.5 Å². The van der Waals surface area contributed by atoms with Gasteiger partial charge in [0.2, 0.25) is 5.69 Å². The molecular formula is C23H19N5O2. The lowest BCUT2D eigenvalue weighted by Crippen LogP contribution is -2.14. The number of nitrogens with zero attached hydrogens (tertiary/aromatic N) is 4. The third-order valence-electron chi connectivity index (χ3n) is 4.92. The van der Waals surface area contributed by atoms with Crippen molar-refractivity contribution in [3.63, 3.8) is 0 Å². The van der Waals surface area contributed by atoms with Gasteiger partial charge in [-0.15, -0.1) is 0 Å². The van der Waals surface area contributed by atoms with E-state index in [1.54, 1.807) is 31.2 Å². The molecule has 0 unspecified atom stereocenters. The van der Waals surface area contributed by atoms with Crippen molar-refractivity contribution < 1.29 is 4.86 Å². The second-order valence-corrected chi connectivity index (χ2v) is 6.92. The van der Waals surface area contributed by atoms with Gasteiger partial charge in [0.05, 0.1) is 22.8 Å². The first-order valence-corrected chi connectivity index (χ1v) is 9.53. The molecular weight excluding hydrogens is 378 g/mol. The number of H-pyrrole nitrogens is 1. The zero-order valence-corrected chi connectivity index (χ0v) is 16.4. The van der Waals surface area contributed by atoms with Crippen LogP contribution in [0.3, 0.4) is 0 Å². The number of hydrogen-bond donors (Lipinski definition) is 1. The van der Waals surface area contributed by atoms with Crippen LogP contribution in [-0.2, 0) is 6.42 Å². The van der Waals surface area contributed by atoms with Gasteiger partial charge in [0.15, 0.2) is 0 Å². The second-order valence-electron chi connectivity index (χ2n) is 6.92. The topological polar surface area (TPSA) is 100 Å². The van der Waals surface area contributed by atoms with Gasteiger partial charge in [-0.1, -0.05) is 42.5 Å². The number of aryl methyl sites for hydroxylation is 2. The Balaban J connectivity index is 1.72. The lowest BCUT2D eigenvalue weighted by atomic mass is 10.1. The molecule has 4 rings (SSSR count). The Morgan fingerprint density at radius 3 is 2.60 bits per heavy atom. The van der Waals surface area contributed by atoms with E-state index in [-0.39, 0.29) is 5.69 Å². The molecule has 0 spiro atoms. The first-order valence-electron chi connectivity index (χ1n) is 9.53. The molecule has 30 heavy (non-hydrogen) atoms. The van der Waals surface area contributed by atoms with Crippen molar-refractivity contribution >= 4 is 22.1 Å². The lowest BCUT2D eigenvalue weighted by Gasteiger charge is -2.03. The molecule has 7 heteroatoms. The van der Waals surface area contributed by atoms with Crippen molar-refractivity contribution in [3.8, 4) is 11.8 Å². The molecule has 0 atom stereocenters. The van der Waals surface area contributed by atoms with E-state index in [0.29, 0.717) is 34.8 Å². The predicted octanol–water partition coefficient (Wildman–Crippen LogP) is 5.01. The molecule has 0 bridgehead atoms. The Hall–Kier alpha value is -4.18. The summed E-state index contributed by atoms with van der Waals surface area (Å²) < 4.78 is 1.36. The number of aromatic nitrogens is 2. The van der Waals surface area contributed by atoms with E-state index in [9.17, 15) is 10.0 Å². The van der Waals surface area contributed by atoms with Crippen LogP contribution in [0.1, 0.15) is 17.7 Å². The summed E-state index contributed by atoms with van der Waals surface area (Å²) >= 11 is 0. The summed E-state index contributed by atoms with van der Waals surface area (Å²) in [7, 11) is 0. The van der Waals surface area contributed by atoms with Gasteiger partial charge in [0.25, 0.3) is 5.69 Å². The number of rotatable bonds is 5. The standard InChI is InChI=1S/C23H19N5O2/c1-16-22(26-28(30)21-10-4-8-18-7-2-3-9-20(18)21)23(29)27(25-16)19-13-11-17(12-14-19)6-5-15-24/h2-4,7-14,25H,5-6H2,1H3. The molecule has 1 N–H and O–H groups in total. The zero-order valence-electron chi connectivity index (χ0n) is 16.4. The molecule has 0 aliphatic rings. The van der Waals surface area contributed by atoms with Crippen LogP contribution >= 0.6 is 0 Å². The summed E-state index contributed by atoms with van der Waals surface area (Å²) in [6, 6.07) is 22.4. The summed E-state index contributed by atoms with van der Waals surface area (Å²) in [6.45, 7) is 1.70. The van der Waals surface area contributed by atoms with Crippen LogP contribution in [-0.4, -0.2) is 14.6 Å². The number of hydrogen-bond acceptors (Lipinski definition) is 4. The summed E-state index contributed by atoms with van der Waals surface area (Å²) in [5.41, 5.74) is 2.18. The molecule has 148 valence electrons. The number of nitrogens with one attached hydrogen (secondary N) is 1. The zero-order chi connectivity index (χ0) is 21.1. The molecule has 1 aromatic heterocycles. The predicted molar refractivity (Wildman–Crippen MR) is 114 cm³/mol. The maximum atomic E-state index is 12.9. The number of aromatic amines is 1. The molecule has 0 fully saturated rings. The van der Waals surface area contributed by atoms with Crippen LogP contribution in [0, 0.1) is 23.5 Å². The largest absolute Gasteiger partial charge is 0.594 e. The maximum Gasteiger partial charge on any atom is 0.303 e. The van der Waals surface area contributed by atoms with Gasteiger partial charge in [-0.25, -0.2) is 4.68 Å². The van der Waals surface area contributed by atoms with E-state index in [2.05, 4.69) is 16.3 Å². The monoisotopic (exact) mass is 397 g/mol. The minimum atomic E-state index is -0.404. The Morgan fingerprint density at radius 1 is 1.10 bits per heavy atom. The highest BCUT2D eigenvalue weighted by molar-refractivity contribution is 5.90. The van der Waals surface area contributed by atoms with Gasteiger partial charge in [0.1, 0.15) is 0 Å². The molecule has 0 amide bonds. The third kappa shape index (κ3) is 3.59. The van der Waals surface area contributed by atoms with Gasteiger partial charge in [-0.2, -0.15) is 5.26 Å². The van der Waals surface area contributed by atoms with Crippen LogP contribution in [0.4, 0.5) is 11.4 Å². The fourth-order valence-electron chi connectivity index (χ4n) is 3.37. The van der Waals surface area contributed by atoms with Crippen LogP contribution in [0.15, 0.2) is 76.6 Å². The van der Waals surface area contributed by atoms with Crippen LogP contribution in [0.2, 0.25) is 0 Å². The number of azo groups is 1. The van der Waals surface area contributed by atoms with Crippen molar-refractivity contribution in [1.29, 1.82) is 5.26 Å². The maximum absolute atomic E-state index is 12.9. The molecule has 0 saturated carbocycles. The first kappa shape index (κ1) is 19.2. The second kappa shape index (κ2) is 8.05. The van der Waals surface area contributed by atoms with Gasteiger partial charge in [-0.05, 0) is 47.4 Å². The smallest absolute Gasteiger partial charge is 0.303 e. The Labute approximate surface area is 172 Å². The summed E-state index contributed by atoms with van der Waals surface area (Å²) in [6.07, 6.45) is 1.10. The van der Waals surface area contributed by atoms with E-state index >= 15 is 0 Å². The third-order valence-corrected chi connectivity index (χ3v) is 4.92. The summed E-state index contributed by atoms with van der Waals surface area (Å²) in [5.74, 6) is 0. The molecule has 3 aromatic carbocycles. The first-order chi connectivity index (χ1) is 14.6. The normalized spacial score (nSPS) is 11.5. The van der Waals surface area contributed by atoms with Gasteiger partial charge >= 0.3 is 5.56 Å². The van der Waals surface area contributed by atoms with E-state index in [0.717, 1.165) is 16.3 Å². The van der Waals surface area contributed by atoms with Crippen molar-refractivity contribution in [1.82, 2.24) is 9.78 Å². The molecule has 0 saturated heterocycles. The van der Waals surface area contributed by atoms with Crippen LogP contribution < -0.4 is 5.56 Å². The van der Waals surface area contributed by atoms with Crippen molar-refractivity contribution in [2.24, 2.45) is 5.11 Å². The summed E-state index contributed by atoms with van der Waals surface area (Å²) in [5, 5.41) is 30.2. The average molecular weight is 397 g/mol. The number of nitriles is 1. The highest BCUT2D eigenvalue weighted by atomic mass is 16.5. The molecule has 7 nitrogen and oxygen atoms in total. The highest BCUT2D eigenvalue weighted by Gasteiger charge is 2.17. The molecule has 0 radical (unpaired) electrons. The Morgan fingerprint density at radius 2 is 1.83 bits per heavy atom. The van der Waals surface area contributed by atoms with E-state index in [4.69, 9.17) is 5.26 Å². The molecule has 0 aliphatic heterocycles. The minimum absolute atomic E-state index is 0.0616. The van der Waals surface area contributed by atoms with Gasteiger partial charge < -0.3 is 5.21 Å². The highest BCUT2D eigenvalue weighted by Crippen LogP contribution is 2.27. The SMILES string of the molecule is Cc1[nH]n(-c2ccc(CCC#N)cc2)c(=O)c1N=[N+]([O-])c1cccc2ccccc12. The fourth-order valence-corrected chi connectivity index (χ4v) is 3.37. The summed E-state index contributed by atoms with van der Waals surface area (Å²) in [4.78, 5) is 13.4. The number of benzene rings is 3. The van der Waals surface area contributed by atoms with E-state index in [1.165, 1.54) is 4.68 Å². The van der Waals surface area contributed by atoms with Crippen molar-refractivity contribution in [3.05, 3.63) is 93.5 Å².